The highest BCUT2D eigenvalue weighted by atomic mass is 32.2. The molecule has 206 valence electrons. The number of rotatable bonds is 8. The van der Waals surface area contributed by atoms with Gasteiger partial charge in [-0.1, -0.05) is 12.1 Å². The number of benzene rings is 1. The number of sulfonamides is 1. The summed E-state index contributed by atoms with van der Waals surface area (Å²) in [6, 6.07) is 9.28. The lowest BCUT2D eigenvalue weighted by molar-refractivity contribution is -0.137. The minimum Gasteiger partial charge on any atom is -0.365 e. The van der Waals surface area contributed by atoms with Gasteiger partial charge in [0.2, 0.25) is 16.0 Å². The van der Waals surface area contributed by atoms with Crippen molar-refractivity contribution in [2.24, 2.45) is 0 Å². The van der Waals surface area contributed by atoms with Crippen LogP contribution in [0.15, 0.2) is 48.8 Å². The number of hydrogen-bond donors (Lipinski definition) is 2. The van der Waals surface area contributed by atoms with E-state index in [0.29, 0.717) is 36.0 Å². The Bertz CT molecular complexity index is 1520. The van der Waals surface area contributed by atoms with Gasteiger partial charge in [0.1, 0.15) is 17.2 Å². The fourth-order valence-electron chi connectivity index (χ4n) is 3.82. The van der Waals surface area contributed by atoms with Crippen molar-refractivity contribution in [3.63, 3.8) is 0 Å². The molecule has 1 fully saturated rings. The Morgan fingerprint density at radius 1 is 1.18 bits per heavy atom. The van der Waals surface area contributed by atoms with Crippen molar-refractivity contribution in [3.05, 3.63) is 65.5 Å². The summed E-state index contributed by atoms with van der Waals surface area (Å²) >= 11 is 0. The third-order valence-electron chi connectivity index (χ3n) is 5.88. The van der Waals surface area contributed by atoms with Crippen molar-refractivity contribution in [1.82, 2.24) is 19.9 Å². The van der Waals surface area contributed by atoms with E-state index in [1.54, 1.807) is 18.2 Å². The number of carbonyl (C=O) groups is 2. The minimum atomic E-state index is -4.78. The number of nitrogens with one attached hydrogen (secondary N) is 2. The monoisotopic (exact) mass is 563 g/mol. The lowest BCUT2D eigenvalue weighted by Gasteiger charge is -2.20. The Morgan fingerprint density at radius 2 is 1.95 bits per heavy atom. The largest absolute Gasteiger partial charge is 0.421 e. The van der Waals surface area contributed by atoms with Crippen LogP contribution in [0.1, 0.15) is 27.9 Å². The number of aromatic nitrogens is 3. The quantitative estimate of drug-likeness (QED) is 0.424. The lowest BCUT2D eigenvalue weighted by Crippen LogP contribution is -2.28. The van der Waals surface area contributed by atoms with Crippen molar-refractivity contribution in [3.8, 4) is 0 Å². The number of hydrogen-bond acceptors (Lipinski definition) is 9. The molecule has 0 unspecified atom stereocenters. The average Bonchev–Trinajstić information content (AvgIpc) is 3.32. The van der Waals surface area contributed by atoms with E-state index in [1.165, 1.54) is 36.3 Å². The van der Waals surface area contributed by atoms with Crippen LogP contribution in [0.2, 0.25) is 0 Å². The SMILES string of the molecule is CN(c1ncccc1CNc1nc(Nc2cccc(C(=O)N3CCC(=O)C3)c2)ncc1C(F)(F)F)S(C)(=O)=O. The van der Waals surface area contributed by atoms with Crippen LogP contribution in [0.3, 0.4) is 0 Å². The molecule has 2 N–H and O–H groups in total. The number of likely N-dealkylation sites (tertiary alicyclic amines) is 1. The summed E-state index contributed by atoms with van der Waals surface area (Å²) in [4.78, 5) is 37.5. The first kappa shape index (κ1) is 27.8. The van der Waals surface area contributed by atoms with Gasteiger partial charge in [-0.2, -0.15) is 18.2 Å². The molecule has 0 saturated carbocycles. The van der Waals surface area contributed by atoms with E-state index < -0.39 is 27.6 Å². The molecule has 2 aromatic heterocycles. The molecule has 3 heterocycles. The van der Waals surface area contributed by atoms with Gasteiger partial charge in [-0.25, -0.2) is 18.4 Å². The number of Topliss-reactive ketones (excluding diaryl/α,β-unsaturated/α-hetero) is 1. The summed E-state index contributed by atoms with van der Waals surface area (Å²) < 4.78 is 66.0. The van der Waals surface area contributed by atoms with Gasteiger partial charge in [0.25, 0.3) is 5.91 Å². The van der Waals surface area contributed by atoms with Crippen molar-refractivity contribution in [2.45, 2.75) is 19.1 Å². The lowest BCUT2D eigenvalue weighted by atomic mass is 10.2. The molecule has 0 radical (unpaired) electrons. The van der Waals surface area contributed by atoms with E-state index in [2.05, 4.69) is 25.6 Å². The Hall–Kier alpha value is -4.27. The van der Waals surface area contributed by atoms with Crippen LogP contribution in [0.5, 0.6) is 0 Å². The highest BCUT2D eigenvalue weighted by molar-refractivity contribution is 7.92. The molecule has 4 rings (SSSR count). The predicted molar refractivity (Wildman–Crippen MR) is 137 cm³/mol. The molecule has 0 spiro atoms. The van der Waals surface area contributed by atoms with Gasteiger partial charge >= 0.3 is 6.18 Å². The van der Waals surface area contributed by atoms with Crippen LogP contribution >= 0.6 is 0 Å². The Labute approximate surface area is 222 Å². The van der Waals surface area contributed by atoms with Gasteiger partial charge in [-0.3, -0.25) is 13.9 Å². The van der Waals surface area contributed by atoms with E-state index >= 15 is 0 Å². The summed E-state index contributed by atoms with van der Waals surface area (Å²) in [5, 5.41) is 5.41. The number of halogens is 3. The number of carbonyl (C=O) groups excluding carboxylic acids is 2. The molecule has 1 aliphatic heterocycles. The smallest absolute Gasteiger partial charge is 0.365 e. The third kappa shape index (κ3) is 6.60. The molecule has 39 heavy (non-hydrogen) atoms. The maximum atomic E-state index is 13.7. The molecule has 1 amide bonds. The topological polar surface area (TPSA) is 137 Å². The van der Waals surface area contributed by atoms with Crippen LogP contribution in [0.25, 0.3) is 0 Å². The molecule has 11 nitrogen and oxygen atoms in total. The first-order chi connectivity index (χ1) is 18.3. The van der Waals surface area contributed by atoms with Gasteiger partial charge in [-0.15, -0.1) is 0 Å². The maximum Gasteiger partial charge on any atom is 0.421 e. The molecule has 0 atom stereocenters. The van der Waals surface area contributed by atoms with Gasteiger partial charge in [0, 0.05) is 55.8 Å². The number of amides is 1. The van der Waals surface area contributed by atoms with E-state index in [0.717, 1.165) is 10.6 Å². The molecular weight excluding hydrogens is 539 g/mol. The zero-order valence-corrected chi connectivity index (χ0v) is 21.7. The Balaban J connectivity index is 1.58. The maximum absolute atomic E-state index is 13.7. The summed E-state index contributed by atoms with van der Waals surface area (Å²) in [7, 11) is -2.38. The normalized spacial score (nSPS) is 13.9. The number of pyridine rings is 1. The van der Waals surface area contributed by atoms with Gasteiger partial charge < -0.3 is 15.5 Å². The summed E-state index contributed by atoms with van der Waals surface area (Å²) in [6.45, 7) is 0.137. The number of ketones is 1. The molecular formula is C24H24F3N7O4S. The fraction of sp³-hybridized carbons (Fsp3) is 0.292. The number of nitrogens with zero attached hydrogens (tertiary/aromatic N) is 5. The standard InChI is InChI=1S/C24H24F3N7O4S/c1-33(39(2,37)38)21-16(6-4-9-28-21)12-29-20-19(24(25,26)27)13-30-23(32-20)31-17-7-3-5-15(11-17)22(36)34-10-8-18(35)14-34/h3-7,9,11,13H,8,10,12,14H2,1-2H3,(H2,29,30,31,32). The van der Waals surface area contributed by atoms with Gasteiger partial charge in [0.05, 0.1) is 12.8 Å². The van der Waals surface area contributed by atoms with Gasteiger partial charge in [0.15, 0.2) is 5.78 Å². The van der Waals surface area contributed by atoms with Crippen molar-refractivity contribution in [1.29, 1.82) is 0 Å². The van der Waals surface area contributed by atoms with Crippen molar-refractivity contribution < 1.29 is 31.2 Å². The highest BCUT2D eigenvalue weighted by Crippen LogP contribution is 2.34. The zero-order chi connectivity index (χ0) is 28.4. The number of anilines is 4. The van der Waals surface area contributed by atoms with Crippen LogP contribution < -0.4 is 14.9 Å². The predicted octanol–water partition coefficient (Wildman–Crippen LogP) is 3.06. The fourth-order valence-corrected chi connectivity index (χ4v) is 4.30. The molecule has 1 aliphatic rings. The summed E-state index contributed by atoms with van der Waals surface area (Å²) in [5.41, 5.74) is -0.170. The molecule has 1 saturated heterocycles. The zero-order valence-electron chi connectivity index (χ0n) is 20.9. The Kier molecular flexibility index (Phi) is 7.72. The molecule has 3 aromatic rings. The van der Waals surface area contributed by atoms with E-state index in [-0.39, 0.29) is 36.5 Å². The third-order valence-corrected chi connectivity index (χ3v) is 7.05. The van der Waals surface area contributed by atoms with Crippen LogP contribution in [0.4, 0.5) is 36.4 Å². The van der Waals surface area contributed by atoms with Crippen LogP contribution in [-0.4, -0.2) is 66.4 Å². The second-order valence-electron chi connectivity index (χ2n) is 8.75. The van der Waals surface area contributed by atoms with Crippen LogP contribution in [-0.2, 0) is 27.5 Å². The summed E-state index contributed by atoms with van der Waals surface area (Å²) in [6.07, 6.45) is -1.51. The molecule has 1 aromatic carbocycles. The molecule has 0 bridgehead atoms. The highest BCUT2D eigenvalue weighted by Gasteiger charge is 2.35. The van der Waals surface area contributed by atoms with Crippen LogP contribution in [0, 0.1) is 0 Å². The minimum absolute atomic E-state index is 0.0304. The first-order valence-electron chi connectivity index (χ1n) is 11.6. The first-order valence-corrected chi connectivity index (χ1v) is 13.4. The van der Waals surface area contributed by atoms with Crippen molar-refractivity contribution >= 4 is 45.0 Å². The van der Waals surface area contributed by atoms with E-state index in [1.807, 2.05) is 0 Å². The summed E-state index contributed by atoms with van der Waals surface area (Å²) in [5.74, 6) is -1.04. The van der Waals surface area contributed by atoms with Crippen molar-refractivity contribution in [2.75, 3.05) is 41.3 Å². The molecule has 0 aliphatic carbocycles. The van der Waals surface area contributed by atoms with E-state index in [4.69, 9.17) is 0 Å². The average molecular weight is 564 g/mol. The second kappa shape index (κ2) is 10.8. The molecule has 15 heteroatoms. The van der Waals surface area contributed by atoms with Gasteiger partial charge in [-0.05, 0) is 24.3 Å². The second-order valence-corrected chi connectivity index (χ2v) is 10.8. The Morgan fingerprint density at radius 3 is 2.62 bits per heavy atom. The number of alkyl halides is 3. The van der Waals surface area contributed by atoms with E-state index in [9.17, 15) is 31.2 Å².